The van der Waals surface area contributed by atoms with Crippen molar-refractivity contribution in [1.29, 1.82) is 0 Å². The van der Waals surface area contributed by atoms with Crippen LogP contribution in [0, 0.1) is 5.41 Å². The van der Waals surface area contributed by atoms with E-state index in [9.17, 15) is 4.79 Å². The van der Waals surface area contributed by atoms with E-state index in [1.54, 1.807) is 6.92 Å². The first-order valence-electron chi connectivity index (χ1n) is 8.39. The number of hydrogen-bond donors (Lipinski definition) is 1. The number of benzene rings is 1. The highest BCUT2D eigenvalue weighted by Gasteiger charge is 2.42. The van der Waals surface area contributed by atoms with Crippen LogP contribution in [-0.4, -0.2) is 47.9 Å². The second-order valence-corrected chi connectivity index (χ2v) is 7.06. The zero-order valence-corrected chi connectivity index (χ0v) is 13.5. The maximum absolute atomic E-state index is 12.1. The SMILES string of the molecule is C[C@@H](N)C(=O)N1CCC2(CCN(Cc3ccccc3)CC2)C1. The van der Waals surface area contributed by atoms with Gasteiger partial charge in [-0.05, 0) is 50.3 Å². The molecule has 1 spiro atoms. The van der Waals surface area contributed by atoms with Crippen molar-refractivity contribution in [2.24, 2.45) is 11.1 Å². The molecule has 2 N–H and O–H groups in total. The first-order chi connectivity index (χ1) is 10.6. The quantitative estimate of drug-likeness (QED) is 0.927. The molecule has 2 aliphatic heterocycles. The van der Waals surface area contributed by atoms with Gasteiger partial charge in [0.1, 0.15) is 0 Å². The summed E-state index contributed by atoms with van der Waals surface area (Å²) in [6.45, 7) is 6.89. The van der Waals surface area contributed by atoms with Crippen LogP contribution in [0.25, 0.3) is 0 Å². The lowest BCUT2D eigenvalue weighted by Gasteiger charge is -2.39. The number of likely N-dealkylation sites (tertiary alicyclic amines) is 2. The number of carbonyl (C=O) groups is 1. The highest BCUT2D eigenvalue weighted by Crippen LogP contribution is 2.40. The molecule has 0 bridgehead atoms. The molecule has 120 valence electrons. The number of nitrogens with zero attached hydrogens (tertiary/aromatic N) is 2. The number of piperidine rings is 1. The zero-order chi connectivity index (χ0) is 15.6. The summed E-state index contributed by atoms with van der Waals surface area (Å²) in [6, 6.07) is 10.3. The number of rotatable bonds is 3. The summed E-state index contributed by atoms with van der Waals surface area (Å²) in [5.41, 5.74) is 7.47. The first-order valence-corrected chi connectivity index (χ1v) is 8.39. The molecule has 4 nitrogen and oxygen atoms in total. The van der Waals surface area contributed by atoms with E-state index < -0.39 is 0 Å². The molecule has 1 atom stereocenters. The fraction of sp³-hybridized carbons (Fsp3) is 0.611. The molecule has 0 saturated carbocycles. The van der Waals surface area contributed by atoms with Gasteiger partial charge in [0, 0.05) is 19.6 Å². The molecule has 1 aromatic rings. The summed E-state index contributed by atoms with van der Waals surface area (Å²) in [4.78, 5) is 16.6. The largest absolute Gasteiger partial charge is 0.341 e. The molecule has 0 unspecified atom stereocenters. The zero-order valence-electron chi connectivity index (χ0n) is 13.5. The van der Waals surface area contributed by atoms with Crippen molar-refractivity contribution in [3.8, 4) is 0 Å². The summed E-state index contributed by atoms with van der Waals surface area (Å²) in [5, 5.41) is 0. The molecule has 0 aromatic heterocycles. The van der Waals surface area contributed by atoms with Gasteiger partial charge < -0.3 is 10.6 Å². The minimum Gasteiger partial charge on any atom is -0.341 e. The predicted octanol–water partition coefficient (Wildman–Crippen LogP) is 1.85. The van der Waals surface area contributed by atoms with E-state index in [0.29, 0.717) is 5.41 Å². The minimum absolute atomic E-state index is 0.114. The second-order valence-electron chi connectivity index (χ2n) is 7.06. The van der Waals surface area contributed by atoms with Crippen LogP contribution in [0.2, 0.25) is 0 Å². The summed E-state index contributed by atoms with van der Waals surface area (Å²) >= 11 is 0. The lowest BCUT2D eigenvalue weighted by Crippen LogP contribution is -2.44. The third-order valence-electron chi connectivity index (χ3n) is 5.31. The molecule has 0 aliphatic carbocycles. The lowest BCUT2D eigenvalue weighted by molar-refractivity contribution is -0.131. The van der Waals surface area contributed by atoms with Gasteiger partial charge in [-0.3, -0.25) is 9.69 Å². The molecule has 22 heavy (non-hydrogen) atoms. The fourth-order valence-electron chi connectivity index (χ4n) is 3.85. The maximum atomic E-state index is 12.1. The van der Waals surface area contributed by atoms with Gasteiger partial charge in [0.15, 0.2) is 0 Å². The summed E-state index contributed by atoms with van der Waals surface area (Å²) in [7, 11) is 0. The lowest BCUT2D eigenvalue weighted by atomic mass is 9.77. The van der Waals surface area contributed by atoms with E-state index in [1.165, 1.54) is 18.4 Å². The monoisotopic (exact) mass is 301 g/mol. The standard InChI is InChI=1S/C18H27N3O/c1-15(19)17(22)21-12-9-18(14-21)7-10-20(11-8-18)13-16-5-3-2-4-6-16/h2-6,15H,7-14,19H2,1H3/t15-/m1/s1. The van der Waals surface area contributed by atoms with Gasteiger partial charge in [-0.1, -0.05) is 30.3 Å². The molecule has 2 fully saturated rings. The minimum atomic E-state index is -0.367. The van der Waals surface area contributed by atoms with Crippen LogP contribution in [-0.2, 0) is 11.3 Å². The average Bonchev–Trinajstić information content (AvgIpc) is 2.94. The molecular weight excluding hydrogens is 274 g/mol. The van der Waals surface area contributed by atoms with E-state index in [4.69, 9.17) is 5.73 Å². The Labute approximate surface area is 133 Å². The van der Waals surface area contributed by atoms with Crippen molar-refractivity contribution in [2.45, 2.75) is 38.8 Å². The molecule has 2 heterocycles. The summed E-state index contributed by atoms with van der Waals surface area (Å²) < 4.78 is 0. The van der Waals surface area contributed by atoms with E-state index in [2.05, 4.69) is 35.2 Å². The van der Waals surface area contributed by atoms with Gasteiger partial charge in [-0.25, -0.2) is 0 Å². The number of amides is 1. The van der Waals surface area contributed by atoms with Gasteiger partial charge in [0.25, 0.3) is 0 Å². The van der Waals surface area contributed by atoms with E-state index >= 15 is 0 Å². The van der Waals surface area contributed by atoms with Crippen molar-refractivity contribution in [3.05, 3.63) is 35.9 Å². The van der Waals surface area contributed by atoms with Crippen LogP contribution in [0.4, 0.5) is 0 Å². The number of carbonyl (C=O) groups excluding carboxylic acids is 1. The maximum Gasteiger partial charge on any atom is 0.239 e. The molecule has 1 amide bonds. The molecule has 2 aliphatic rings. The Hall–Kier alpha value is -1.39. The molecule has 1 aromatic carbocycles. The Kier molecular flexibility index (Phi) is 4.50. The molecule has 0 radical (unpaired) electrons. The van der Waals surface area contributed by atoms with Gasteiger partial charge in [0.05, 0.1) is 6.04 Å². The van der Waals surface area contributed by atoms with Crippen LogP contribution in [0.1, 0.15) is 31.7 Å². The van der Waals surface area contributed by atoms with Gasteiger partial charge >= 0.3 is 0 Å². The molecule has 3 rings (SSSR count). The second kappa shape index (κ2) is 6.39. The van der Waals surface area contributed by atoms with Gasteiger partial charge in [0.2, 0.25) is 5.91 Å². The van der Waals surface area contributed by atoms with Crippen molar-refractivity contribution in [1.82, 2.24) is 9.80 Å². The van der Waals surface area contributed by atoms with Gasteiger partial charge in [-0.15, -0.1) is 0 Å². The number of hydrogen-bond acceptors (Lipinski definition) is 3. The number of nitrogens with two attached hydrogens (primary N) is 1. The van der Waals surface area contributed by atoms with Crippen molar-refractivity contribution < 1.29 is 4.79 Å². The predicted molar refractivity (Wildman–Crippen MR) is 88.2 cm³/mol. The topological polar surface area (TPSA) is 49.6 Å². The average molecular weight is 301 g/mol. The van der Waals surface area contributed by atoms with E-state index in [-0.39, 0.29) is 11.9 Å². The molecular formula is C18H27N3O. The van der Waals surface area contributed by atoms with Gasteiger partial charge in [-0.2, -0.15) is 0 Å². The summed E-state index contributed by atoms with van der Waals surface area (Å²) in [6.07, 6.45) is 3.54. The third kappa shape index (κ3) is 3.33. The van der Waals surface area contributed by atoms with Crippen LogP contribution < -0.4 is 5.73 Å². The van der Waals surface area contributed by atoms with Crippen molar-refractivity contribution in [3.63, 3.8) is 0 Å². The Morgan fingerprint density at radius 2 is 1.82 bits per heavy atom. The van der Waals surface area contributed by atoms with Crippen LogP contribution in [0.3, 0.4) is 0 Å². The summed E-state index contributed by atoms with van der Waals surface area (Å²) in [5.74, 6) is 0.114. The van der Waals surface area contributed by atoms with Crippen LogP contribution in [0.15, 0.2) is 30.3 Å². The fourth-order valence-corrected chi connectivity index (χ4v) is 3.85. The Morgan fingerprint density at radius 1 is 1.18 bits per heavy atom. The van der Waals surface area contributed by atoms with Crippen LogP contribution in [0.5, 0.6) is 0 Å². The highest BCUT2D eigenvalue weighted by molar-refractivity contribution is 5.81. The Bertz CT molecular complexity index is 506. The first kappa shape index (κ1) is 15.5. The van der Waals surface area contributed by atoms with Crippen molar-refractivity contribution >= 4 is 5.91 Å². The van der Waals surface area contributed by atoms with E-state index in [0.717, 1.165) is 39.1 Å². The molecule has 2 saturated heterocycles. The normalized spacial score (nSPS) is 22.9. The third-order valence-corrected chi connectivity index (χ3v) is 5.31. The van der Waals surface area contributed by atoms with E-state index in [1.807, 2.05) is 4.90 Å². The smallest absolute Gasteiger partial charge is 0.239 e. The highest BCUT2D eigenvalue weighted by atomic mass is 16.2. The van der Waals surface area contributed by atoms with Crippen LogP contribution >= 0.6 is 0 Å². The Balaban J connectivity index is 1.53. The van der Waals surface area contributed by atoms with Crippen molar-refractivity contribution in [2.75, 3.05) is 26.2 Å². The Morgan fingerprint density at radius 3 is 2.45 bits per heavy atom. The molecule has 4 heteroatoms.